The number of para-hydroxylation sites is 1. The lowest BCUT2D eigenvalue weighted by molar-refractivity contribution is 0.186. The van der Waals surface area contributed by atoms with Gasteiger partial charge < -0.3 is 14.0 Å². The molecule has 21 heavy (non-hydrogen) atoms. The Morgan fingerprint density at radius 1 is 1.14 bits per heavy atom. The third-order valence-electron chi connectivity index (χ3n) is 3.33. The highest BCUT2D eigenvalue weighted by atomic mass is 32.1. The normalized spacial score (nSPS) is 10.6. The van der Waals surface area contributed by atoms with E-state index in [4.69, 9.17) is 9.47 Å². The fourth-order valence-electron chi connectivity index (χ4n) is 2.24. The molecule has 0 aliphatic heterocycles. The van der Waals surface area contributed by atoms with Crippen LogP contribution in [0.5, 0.6) is 5.75 Å². The van der Waals surface area contributed by atoms with E-state index in [1.807, 2.05) is 36.4 Å². The molecule has 1 aromatic heterocycles. The average Bonchev–Trinajstić information content (AvgIpc) is 2.53. The van der Waals surface area contributed by atoms with Gasteiger partial charge in [-0.25, -0.2) is 0 Å². The predicted octanol–water partition coefficient (Wildman–Crippen LogP) is 2.60. The van der Waals surface area contributed by atoms with Crippen molar-refractivity contribution in [2.24, 2.45) is 0 Å². The average molecular weight is 305 g/mol. The molecule has 0 bridgehead atoms. The van der Waals surface area contributed by atoms with E-state index < -0.39 is 0 Å². The third kappa shape index (κ3) is 3.31. The minimum absolute atomic E-state index is 0.0366. The second-order valence-electron chi connectivity index (χ2n) is 4.55. The summed E-state index contributed by atoms with van der Waals surface area (Å²) in [4.78, 5) is 12.5. The van der Waals surface area contributed by atoms with Crippen LogP contribution >= 0.6 is 12.6 Å². The number of nitrogens with zero attached hydrogens (tertiary/aromatic N) is 1. The smallest absolute Gasteiger partial charge is 0.255 e. The SMILES string of the molecule is COCCn1c(-c2ccccc2OC)ccc(CS)c1=O. The van der Waals surface area contributed by atoms with Gasteiger partial charge in [0, 0.05) is 30.5 Å². The maximum absolute atomic E-state index is 12.5. The van der Waals surface area contributed by atoms with Gasteiger partial charge in [-0.1, -0.05) is 18.2 Å². The first-order valence-corrected chi connectivity index (χ1v) is 7.32. The van der Waals surface area contributed by atoms with Crippen LogP contribution in [0.15, 0.2) is 41.2 Å². The molecular formula is C16H19NO3S. The Morgan fingerprint density at radius 3 is 2.57 bits per heavy atom. The molecule has 0 fully saturated rings. The van der Waals surface area contributed by atoms with Crippen LogP contribution in [-0.2, 0) is 17.0 Å². The highest BCUT2D eigenvalue weighted by Gasteiger charge is 2.13. The second kappa shape index (κ2) is 7.33. The standard InChI is InChI=1S/C16H19NO3S/c1-19-10-9-17-14(8-7-12(11-21)16(17)18)13-5-3-4-6-15(13)20-2/h3-8,21H,9-11H2,1-2H3. The van der Waals surface area contributed by atoms with E-state index in [2.05, 4.69) is 12.6 Å². The van der Waals surface area contributed by atoms with Crippen molar-refractivity contribution in [2.75, 3.05) is 20.8 Å². The molecule has 0 spiro atoms. The van der Waals surface area contributed by atoms with Gasteiger partial charge in [-0.15, -0.1) is 0 Å². The first-order chi connectivity index (χ1) is 10.2. The monoisotopic (exact) mass is 305 g/mol. The van der Waals surface area contributed by atoms with E-state index in [0.29, 0.717) is 24.5 Å². The summed E-state index contributed by atoms with van der Waals surface area (Å²) < 4.78 is 12.2. The van der Waals surface area contributed by atoms with E-state index in [1.54, 1.807) is 18.8 Å². The molecule has 0 saturated heterocycles. The fraction of sp³-hybridized carbons (Fsp3) is 0.312. The molecule has 4 nitrogen and oxygen atoms in total. The van der Waals surface area contributed by atoms with Crippen molar-refractivity contribution < 1.29 is 9.47 Å². The Labute approximate surface area is 129 Å². The van der Waals surface area contributed by atoms with Crippen molar-refractivity contribution in [3.05, 3.63) is 52.3 Å². The van der Waals surface area contributed by atoms with Crippen molar-refractivity contribution in [3.8, 4) is 17.0 Å². The van der Waals surface area contributed by atoms with E-state index in [0.717, 1.165) is 17.0 Å². The van der Waals surface area contributed by atoms with E-state index in [-0.39, 0.29) is 5.56 Å². The van der Waals surface area contributed by atoms with Crippen molar-refractivity contribution in [3.63, 3.8) is 0 Å². The van der Waals surface area contributed by atoms with Crippen molar-refractivity contribution in [1.82, 2.24) is 4.57 Å². The molecule has 0 atom stereocenters. The summed E-state index contributed by atoms with van der Waals surface area (Å²) in [5.74, 6) is 1.15. The number of methoxy groups -OCH3 is 2. The maximum Gasteiger partial charge on any atom is 0.255 e. The first kappa shape index (κ1) is 15.7. The van der Waals surface area contributed by atoms with Gasteiger partial charge in [0.05, 0.1) is 19.4 Å². The fourth-order valence-corrected chi connectivity index (χ4v) is 2.48. The van der Waals surface area contributed by atoms with Gasteiger partial charge in [0.25, 0.3) is 5.56 Å². The minimum Gasteiger partial charge on any atom is -0.496 e. The Morgan fingerprint density at radius 2 is 1.90 bits per heavy atom. The van der Waals surface area contributed by atoms with Crippen molar-refractivity contribution in [2.45, 2.75) is 12.3 Å². The zero-order chi connectivity index (χ0) is 15.2. The van der Waals surface area contributed by atoms with Crippen LogP contribution in [0.4, 0.5) is 0 Å². The second-order valence-corrected chi connectivity index (χ2v) is 4.87. The highest BCUT2D eigenvalue weighted by Crippen LogP contribution is 2.29. The number of ether oxygens (including phenoxy) is 2. The third-order valence-corrected chi connectivity index (χ3v) is 3.67. The zero-order valence-corrected chi connectivity index (χ0v) is 13.1. The van der Waals surface area contributed by atoms with Gasteiger partial charge in [0.15, 0.2) is 0 Å². The molecule has 0 saturated carbocycles. The Bertz CT molecular complexity index is 667. The van der Waals surface area contributed by atoms with Gasteiger partial charge in [0.2, 0.25) is 0 Å². The van der Waals surface area contributed by atoms with Crippen LogP contribution < -0.4 is 10.3 Å². The van der Waals surface area contributed by atoms with Crippen LogP contribution in [0.25, 0.3) is 11.3 Å². The number of rotatable bonds is 6. The number of hydrogen-bond donors (Lipinski definition) is 1. The van der Waals surface area contributed by atoms with Crippen molar-refractivity contribution >= 4 is 12.6 Å². The van der Waals surface area contributed by atoms with Crippen LogP contribution in [-0.4, -0.2) is 25.4 Å². The molecular weight excluding hydrogens is 286 g/mol. The van der Waals surface area contributed by atoms with E-state index in [9.17, 15) is 4.79 Å². The molecule has 2 aromatic rings. The van der Waals surface area contributed by atoms with E-state index in [1.165, 1.54) is 0 Å². The molecule has 112 valence electrons. The lowest BCUT2D eigenvalue weighted by atomic mass is 10.1. The van der Waals surface area contributed by atoms with Gasteiger partial charge in [0.1, 0.15) is 5.75 Å². The first-order valence-electron chi connectivity index (χ1n) is 6.68. The summed E-state index contributed by atoms with van der Waals surface area (Å²) in [7, 11) is 3.24. The predicted molar refractivity (Wildman–Crippen MR) is 87.3 cm³/mol. The van der Waals surface area contributed by atoms with Gasteiger partial charge in [-0.2, -0.15) is 12.6 Å². The summed E-state index contributed by atoms with van der Waals surface area (Å²) in [5.41, 5.74) is 2.34. The Kier molecular flexibility index (Phi) is 5.47. The molecule has 0 amide bonds. The lowest BCUT2D eigenvalue weighted by Crippen LogP contribution is -2.26. The zero-order valence-electron chi connectivity index (χ0n) is 12.2. The quantitative estimate of drug-likeness (QED) is 0.834. The number of benzene rings is 1. The molecule has 0 aliphatic rings. The summed E-state index contributed by atoms with van der Waals surface area (Å²) in [6.45, 7) is 0.961. The summed E-state index contributed by atoms with van der Waals surface area (Å²) in [5, 5.41) is 0. The maximum atomic E-state index is 12.5. The van der Waals surface area contributed by atoms with Crippen LogP contribution in [0.2, 0.25) is 0 Å². The number of hydrogen-bond acceptors (Lipinski definition) is 4. The molecule has 0 radical (unpaired) electrons. The number of pyridine rings is 1. The molecule has 2 rings (SSSR count). The highest BCUT2D eigenvalue weighted by molar-refractivity contribution is 7.79. The van der Waals surface area contributed by atoms with Gasteiger partial charge in [-0.05, 0) is 18.2 Å². The van der Waals surface area contributed by atoms with Gasteiger partial charge in [-0.3, -0.25) is 4.79 Å². The topological polar surface area (TPSA) is 40.5 Å². The van der Waals surface area contributed by atoms with E-state index >= 15 is 0 Å². The van der Waals surface area contributed by atoms with Crippen LogP contribution in [0, 0.1) is 0 Å². The number of aromatic nitrogens is 1. The Balaban J connectivity index is 2.62. The molecule has 0 aliphatic carbocycles. The lowest BCUT2D eigenvalue weighted by Gasteiger charge is -2.16. The molecule has 5 heteroatoms. The molecule has 1 aromatic carbocycles. The largest absolute Gasteiger partial charge is 0.496 e. The number of thiol groups is 1. The summed E-state index contributed by atoms with van der Waals surface area (Å²) in [6.07, 6.45) is 0. The summed E-state index contributed by atoms with van der Waals surface area (Å²) in [6, 6.07) is 11.4. The van der Waals surface area contributed by atoms with Gasteiger partial charge >= 0.3 is 0 Å². The minimum atomic E-state index is -0.0366. The molecule has 0 N–H and O–H groups in total. The van der Waals surface area contributed by atoms with Crippen LogP contribution in [0.3, 0.4) is 0 Å². The molecule has 1 heterocycles. The van der Waals surface area contributed by atoms with Crippen LogP contribution in [0.1, 0.15) is 5.56 Å². The van der Waals surface area contributed by atoms with Crippen molar-refractivity contribution in [1.29, 1.82) is 0 Å². The Hall–Kier alpha value is -1.72. The summed E-state index contributed by atoms with van der Waals surface area (Å²) >= 11 is 4.21. The molecule has 0 unspecified atom stereocenters.